The molecular formula is C18H15Cl2N5O4. The molecule has 0 fully saturated rings. The minimum absolute atomic E-state index is 0.0472. The molecule has 1 aromatic heterocycles. The molecule has 0 amide bonds. The van der Waals surface area contributed by atoms with Crippen LogP contribution in [0.3, 0.4) is 0 Å². The Hall–Kier alpha value is -3.30. The van der Waals surface area contributed by atoms with Crippen molar-refractivity contribution in [2.75, 3.05) is 24.9 Å². The zero-order valence-corrected chi connectivity index (χ0v) is 16.8. The van der Waals surface area contributed by atoms with Gasteiger partial charge in [-0.2, -0.15) is 0 Å². The van der Waals surface area contributed by atoms with Gasteiger partial charge in [0.25, 0.3) is 0 Å². The number of rotatable bonds is 7. The topological polar surface area (TPSA) is 111 Å². The zero-order chi connectivity index (χ0) is 21.0. The van der Waals surface area contributed by atoms with Crippen LogP contribution in [0.5, 0.6) is 11.5 Å². The summed E-state index contributed by atoms with van der Waals surface area (Å²) in [5.41, 5.74) is 0.442. The standard InChI is InChI=1S/C18H15Cl2N5O4/c1-28-14-5-3-10(19)7-12(14)23-17-16(25(26)27)18(22-9-21-17)24-13-8-11(20)4-6-15(13)29-2/h3-9H,1-2H3,(H2,21,22,23,24). The van der Waals surface area contributed by atoms with Crippen LogP contribution in [0.1, 0.15) is 0 Å². The highest BCUT2D eigenvalue weighted by atomic mass is 35.5. The number of hydrogen-bond acceptors (Lipinski definition) is 8. The molecule has 9 nitrogen and oxygen atoms in total. The maximum absolute atomic E-state index is 11.8. The Morgan fingerprint density at radius 2 is 1.34 bits per heavy atom. The second kappa shape index (κ2) is 8.80. The summed E-state index contributed by atoms with van der Waals surface area (Å²) in [5, 5.41) is 18.4. The summed E-state index contributed by atoms with van der Waals surface area (Å²) in [5.74, 6) is 0.782. The van der Waals surface area contributed by atoms with E-state index in [1.165, 1.54) is 20.5 Å². The summed E-state index contributed by atoms with van der Waals surface area (Å²) in [6.07, 6.45) is 1.19. The molecule has 2 N–H and O–H groups in total. The Labute approximate surface area is 175 Å². The van der Waals surface area contributed by atoms with Crippen molar-refractivity contribution in [3.63, 3.8) is 0 Å². The Morgan fingerprint density at radius 3 is 1.72 bits per heavy atom. The highest BCUT2D eigenvalue weighted by Crippen LogP contribution is 2.38. The van der Waals surface area contributed by atoms with Crippen LogP contribution in [0.25, 0.3) is 0 Å². The summed E-state index contributed by atoms with van der Waals surface area (Å²) >= 11 is 12.1. The lowest BCUT2D eigenvalue weighted by atomic mass is 10.2. The van der Waals surface area contributed by atoms with E-state index >= 15 is 0 Å². The molecular weight excluding hydrogens is 421 g/mol. The Bertz CT molecular complexity index is 991. The number of anilines is 4. The van der Waals surface area contributed by atoms with Crippen LogP contribution in [0, 0.1) is 10.1 Å². The maximum Gasteiger partial charge on any atom is 0.353 e. The molecule has 0 aliphatic rings. The van der Waals surface area contributed by atoms with Gasteiger partial charge in [0.05, 0.1) is 30.5 Å². The minimum atomic E-state index is -0.598. The molecule has 29 heavy (non-hydrogen) atoms. The second-order valence-corrected chi connectivity index (χ2v) is 6.49. The van der Waals surface area contributed by atoms with E-state index in [9.17, 15) is 10.1 Å². The number of benzene rings is 2. The predicted molar refractivity (Wildman–Crippen MR) is 111 cm³/mol. The van der Waals surface area contributed by atoms with E-state index in [1.807, 2.05) is 0 Å². The molecule has 150 valence electrons. The van der Waals surface area contributed by atoms with Gasteiger partial charge in [-0.1, -0.05) is 23.2 Å². The fraction of sp³-hybridized carbons (Fsp3) is 0.111. The third-order valence-electron chi connectivity index (χ3n) is 3.83. The average molecular weight is 436 g/mol. The van der Waals surface area contributed by atoms with Crippen molar-refractivity contribution in [2.45, 2.75) is 0 Å². The lowest BCUT2D eigenvalue weighted by Gasteiger charge is -2.14. The largest absolute Gasteiger partial charge is 0.495 e. The molecule has 3 aromatic rings. The van der Waals surface area contributed by atoms with Crippen LogP contribution in [0.15, 0.2) is 42.7 Å². The lowest BCUT2D eigenvalue weighted by Crippen LogP contribution is -2.06. The van der Waals surface area contributed by atoms with Crippen molar-refractivity contribution in [1.29, 1.82) is 0 Å². The molecule has 3 rings (SSSR count). The lowest BCUT2D eigenvalue weighted by molar-refractivity contribution is -0.383. The molecule has 0 aliphatic heterocycles. The summed E-state index contributed by atoms with van der Waals surface area (Å²) < 4.78 is 10.5. The van der Waals surface area contributed by atoms with Gasteiger partial charge >= 0.3 is 5.69 Å². The Morgan fingerprint density at radius 1 is 0.897 bits per heavy atom. The van der Waals surface area contributed by atoms with Gasteiger partial charge in [-0.3, -0.25) is 10.1 Å². The number of ether oxygens (including phenoxy) is 2. The molecule has 0 atom stereocenters. The number of nitro groups is 1. The third-order valence-corrected chi connectivity index (χ3v) is 4.30. The van der Waals surface area contributed by atoms with Crippen molar-refractivity contribution < 1.29 is 14.4 Å². The summed E-state index contributed by atoms with van der Waals surface area (Å²) in [7, 11) is 2.95. The van der Waals surface area contributed by atoms with E-state index in [-0.39, 0.29) is 17.3 Å². The molecule has 0 saturated carbocycles. The van der Waals surface area contributed by atoms with Gasteiger partial charge < -0.3 is 20.1 Å². The fourth-order valence-electron chi connectivity index (χ4n) is 2.55. The second-order valence-electron chi connectivity index (χ2n) is 5.62. The molecule has 0 bridgehead atoms. The number of hydrogen-bond donors (Lipinski definition) is 2. The molecule has 11 heteroatoms. The van der Waals surface area contributed by atoms with Crippen LogP contribution >= 0.6 is 23.2 Å². The summed E-state index contributed by atoms with van der Waals surface area (Å²) in [4.78, 5) is 19.2. The minimum Gasteiger partial charge on any atom is -0.495 e. The van der Waals surface area contributed by atoms with Crippen molar-refractivity contribution in [2.24, 2.45) is 0 Å². The maximum atomic E-state index is 11.8. The Balaban J connectivity index is 2.05. The first kappa shape index (κ1) is 20.4. The van der Waals surface area contributed by atoms with E-state index in [1.54, 1.807) is 36.4 Å². The van der Waals surface area contributed by atoms with Crippen molar-refractivity contribution in [1.82, 2.24) is 9.97 Å². The average Bonchev–Trinajstić information content (AvgIpc) is 2.68. The highest BCUT2D eigenvalue weighted by Gasteiger charge is 2.25. The van der Waals surface area contributed by atoms with Crippen molar-refractivity contribution in [3.8, 4) is 11.5 Å². The molecule has 0 saturated heterocycles. The number of nitrogens with one attached hydrogen (secondary N) is 2. The summed E-state index contributed by atoms with van der Waals surface area (Å²) in [6.45, 7) is 0. The van der Waals surface area contributed by atoms with Gasteiger partial charge in [-0.05, 0) is 36.4 Å². The molecule has 0 aliphatic carbocycles. The number of aromatic nitrogens is 2. The van der Waals surface area contributed by atoms with E-state index in [2.05, 4.69) is 20.6 Å². The van der Waals surface area contributed by atoms with E-state index < -0.39 is 4.92 Å². The van der Waals surface area contributed by atoms with Gasteiger partial charge in [0.15, 0.2) is 0 Å². The molecule has 2 aromatic carbocycles. The summed E-state index contributed by atoms with van der Waals surface area (Å²) in [6, 6.07) is 9.68. The number of halogens is 2. The highest BCUT2D eigenvalue weighted by molar-refractivity contribution is 6.31. The zero-order valence-electron chi connectivity index (χ0n) is 15.3. The fourth-order valence-corrected chi connectivity index (χ4v) is 2.89. The first-order valence-corrected chi connectivity index (χ1v) is 8.89. The van der Waals surface area contributed by atoms with Crippen LogP contribution in [0.4, 0.5) is 28.7 Å². The van der Waals surface area contributed by atoms with E-state index in [0.29, 0.717) is 32.9 Å². The third kappa shape index (κ3) is 4.58. The molecule has 0 radical (unpaired) electrons. The normalized spacial score (nSPS) is 10.3. The van der Waals surface area contributed by atoms with Gasteiger partial charge in [-0.25, -0.2) is 9.97 Å². The van der Waals surface area contributed by atoms with Crippen molar-refractivity contribution in [3.05, 3.63) is 62.9 Å². The van der Waals surface area contributed by atoms with E-state index in [0.717, 1.165) is 0 Å². The van der Waals surface area contributed by atoms with Gasteiger partial charge in [0.1, 0.15) is 17.8 Å². The van der Waals surface area contributed by atoms with Gasteiger partial charge in [0.2, 0.25) is 11.6 Å². The molecule has 1 heterocycles. The number of nitrogens with zero attached hydrogens (tertiary/aromatic N) is 3. The molecule has 0 spiro atoms. The van der Waals surface area contributed by atoms with Crippen molar-refractivity contribution >= 4 is 51.9 Å². The number of methoxy groups -OCH3 is 2. The van der Waals surface area contributed by atoms with Crippen LogP contribution < -0.4 is 20.1 Å². The first-order chi connectivity index (χ1) is 13.9. The Kier molecular flexibility index (Phi) is 6.20. The monoisotopic (exact) mass is 435 g/mol. The smallest absolute Gasteiger partial charge is 0.353 e. The van der Waals surface area contributed by atoms with Crippen LogP contribution in [0.2, 0.25) is 10.0 Å². The first-order valence-electron chi connectivity index (χ1n) is 8.13. The molecule has 0 unspecified atom stereocenters. The van der Waals surface area contributed by atoms with Gasteiger partial charge in [-0.15, -0.1) is 0 Å². The van der Waals surface area contributed by atoms with Gasteiger partial charge in [0, 0.05) is 10.0 Å². The van der Waals surface area contributed by atoms with Crippen LogP contribution in [-0.4, -0.2) is 29.1 Å². The SMILES string of the molecule is COc1ccc(Cl)cc1Nc1ncnc(Nc2cc(Cl)ccc2OC)c1[N+](=O)[O-]. The van der Waals surface area contributed by atoms with E-state index in [4.69, 9.17) is 32.7 Å². The predicted octanol–water partition coefficient (Wildman–Crippen LogP) is 5.20. The van der Waals surface area contributed by atoms with Crippen LogP contribution in [-0.2, 0) is 0 Å². The quantitative estimate of drug-likeness (QED) is 0.384.